The quantitative estimate of drug-likeness (QED) is 0.736. The van der Waals surface area contributed by atoms with Crippen molar-refractivity contribution >= 4 is 11.9 Å². The fraction of sp³-hybridized carbons (Fsp3) is 0.524. The molecule has 0 bridgehead atoms. The highest BCUT2D eigenvalue weighted by molar-refractivity contribution is 5.92. The molecule has 8 nitrogen and oxygen atoms in total. The van der Waals surface area contributed by atoms with Gasteiger partial charge in [-0.25, -0.2) is 4.79 Å². The number of amides is 1. The van der Waals surface area contributed by atoms with E-state index in [1.165, 1.54) is 12.8 Å². The number of aromatic nitrogens is 2. The Morgan fingerprint density at radius 2 is 2.03 bits per heavy atom. The zero-order valence-electron chi connectivity index (χ0n) is 17.5. The predicted molar refractivity (Wildman–Crippen MR) is 105 cm³/mol. The Hall–Kier alpha value is -2.95. The lowest BCUT2D eigenvalue weighted by Crippen LogP contribution is -2.34. The van der Waals surface area contributed by atoms with E-state index in [1.54, 1.807) is 25.4 Å². The van der Waals surface area contributed by atoms with Gasteiger partial charge in [-0.1, -0.05) is 11.6 Å². The van der Waals surface area contributed by atoms with Gasteiger partial charge in [0.2, 0.25) is 0 Å². The summed E-state index contributed by atoms with van der Waals surface area (Å²) in [6.45, 7) is 4.63. The van der Waals surface area contributed by atoms with E-state index in [0.29, 0.717) is 30.6 Å². The first-order valence-corrected chi connectivity index (χ1v) is 10.1. The van der Waals surface area contributed by atoms with Crippen LogP contribution in [0.15, 0.2) is 35.1 Å². The molecule has 2 aromatic heterocycles. The van der Waals surface area contributed by atoms with E-state index in [9.17, 15) is 18.0 Å². The fourth-order valence-electron chi connectivity index (χ4n) is 4.29. The van der Waals surface area contributed by atoms with Crippen LogP contribution in [0.4, 0.5) is 13.2 Å². The molecule has 1 saturated heterocycles. The second-order valence-electron chi connectivity index (χ2n) is 8.11. The molecule has 1 amide bonds. The molecule has 3 heterocycles. The molecular weight excluding hydrogens is 431 g/mol. The third-order valence-corrected chi connectivity index (χ3v) is 5.82. The van der Waals surface area contributed by atoms with Crippen LogP contribution < -0.4 is 0 Å². The highest BCUT2D eigenvalue weighted by atomic mass is 19.4. The summed E-state index contributed by atoms with van der Waals surface area (Å²) in [5.74, 6) is -1.60. The van der Waals surface area contributed by atoms with E-state index in [4.69, 9.17) is 19.2 Å². The van der Waals surface area contributed by atoms with Gasteiger partial charge in [0, 0.05) is 37.0 Å². The maximum atomic E-state index is 12.7. The molecule has 1 aliphatic carbocycles. The smallest absolute Gasteiger partial charge is 0.475 e. The van der Waals surface area contributed by atoms with Crippen LogP contribution in [0.3, 0.4) is 0 Å². The molecule has 2 fully saturated rings. The minimum absolute atomic E-state index is 0.0280. The topological polar surface area (TPSA) is 106 Å². The van der Waals surface area contributed by atoms with E-state index in [0.717, 1.165) is 25.1 Å². The zero-order valence-corrected chi connectivity index (χ0v) is 17.5. The Labute approximate surface area is 182 Å². The molecule has 0 spiro atoms. The average molecular weight is 455 g/mol. The second-order valence-corrected chi connectivity index (χ2v) is 8.11. The van der Waals surface area contributed by atoms with E-state index in [1.807, 2.05) is 17.0 Å². The number of hydrogen-bond donors (Lipinski definition) is 1. The van der Waals surface area contributed by atoms with E-state index in [-0.39, 0.29) is 11.3 Å². The normalized spacial score (nSPS) is 22.2. The van der Waals surface area contributed by atoms with E-state index in [2.05, 4.69) is 10.1 Å². The minimum atomic E-state index is -5.08. The number of fused-ring (bicyclic) bond motifs is 1. The molecule has 0 aromatic carbocycles. The number of carbonyl (C=O) groups excluding carboxylic acids is 1. The number of likely N-dealkylation sites (tertiary alicyclic amines) is 1. The Morgan fingerprint density at radius 3 is 2.62 bits per heavy atom. The number of rotatable bonds is 5. The first-order chi connectivity index (χ1) is 15.1. The molecular formula is C21H24F3N3O5. The third-order valence-electron chi connectivity index (χ3n) is 5.82. The van der Waals surface area contributed by atoms with Gasteiger partial charge in [0.15, 0.2) is 5.69 Å². The summed E-state index contributed by atoms with van der Waals surface area (Å²) in [6, 6.07) is 5.66. The lowest BCUT2D eigenvalue weighted by molar-refractivity contribution is -0.192. The predicted octanol–water partition coefficient (Wildman–Crippen LogP) is 3.47. The fourth-order valence-corrected chi connectivity index (χ4v) is 4.29. The maximum absolute atomic E-state index is 12.7. The number of alkyl halides is 3. The molecule has 1 aliphatic heterocycles. The zero-order chi connectivity index (χ0) is 23.4. The summed E-state index contributed by atoms with van der Waals surface area (Å²) in [5.41, 5.74) is 1.62. The monoisotopic (exact) mass is 455 g/mol. The van der Waals surface area contributed by atoms with Gasteiger partial charge in [0.25, 0.3) is 5.91 Å². The molecule has 2 atom stereocenters. The number of carboxylic acid groups (broad SMARTS) is 1. The summed E-state index contributed by atoms with van der Waals surface area (Å²) in [7, 11) is 0. The van der Waals surface area contributed by atoms with Crippen molar-refractivity contribution < 1.29 is 37.1 Å². The first-order valence-electron chi connectivity index (χ1n) is 10.1. The second kappa shape index (κ2) is 9.68. The van der Waals surface area contributed by atoms with Gasteiger partial charge in [0.05, 0.1) is 13.2 Å². The molecule has 4 rings (SSSR count). The van der Waals surface area contributed by atoms with Crippen molar-refractivity contribution in [3.63, 3.8) is 0 Å². The molecule has 0 radical (unpaired) electrons. The highest BCUT2D eigenvalue weighted by Crippen LogP contribution is 2.49. The Kier molecular flexibility index (Phi) is 7.17. The van der Waals surface area contributed by atoms with Crippen molar-refractivity contribution in [2.24, 2.45) is 11.3 Å². The first kappa shape index (κ1) is 23.7. The Morgan fingerprint density at radius 1 is 1.34 bits per heavy atom. The standard InChI is InChI=1S/C19H23N3O3.C2HF3O2/c1-14-9-17(21-25-14)18(23)22-10-16-3-2-6-19(16,12-22)13-24-11-15-4-7-20-8-5-15;3-2(4,5)1(6)7/h4-5,7-9,16H,2-3,6,10-13H2,1H3;(H,6,7)/t16-,19+;/m1./s1. The lowest BCUT2D eigenvalue weighted by atomic mass is 9.81. The Bertz CT molecular complexity index is 934. The van der Waals surface area contributed by atoms with Gasteiger partial charge in [-0.15, -0.1) is 0 Å². The van der Waals surface area contributed by atoms with Crippen molar-refractivity contribution in [1.29, 1.82) is 0 Å². The molecule has 11 heteroatoms. The van der Waals surface area contributed by atoms with Crippen LogP contribution in [0.25, 0.3) is 0 Å². The summed E-state index contributed by atoms with van der Waals surface area (Å²) in [5, 5.41) is 11.0. The Balaban J connectivity index is 0.000000360. The number of carbonyl (C=O) groups is 2. The highest BCUT2D eigenvalue weighted by Gasteiger charge is 2.51. The van der Waals surface area contributed by atoms with Gasteiger partial charge in [0.1, 0.15) is 5.76 Å². The lowest BCUT2D eigenvalue weighted by Gasteiger charge is -2.28. The SMILES string of the molecule is Cc1cc(C(=O)N2C[C@H]3CCC[C@@]3(COCc3ccncc3)C2)no1.O=C(O)C(F)(F)F. The summed E-state index contributed by atoms with van der Waals surface area (Å²) in [4.78, 5) is 27.5. The van der Waals surface area contributed by atoms with Crippen LogP contribution in [-0.4, -0.2) is 57.9 Å². The minimum Gasteiger partial charge on any atom is -0.475 e. The number of aliphatic carboxylic acids is 1. The van der Waals surface area contributed by atoms with Crippen LogP contribution in [0.2, 0.25) is 0 Å². The van der Waals surface area contributed by atoms with Crippen molar-refractivity contribution in [3.8, 4) is 0 Å². The summed E-state index contributed by atoms with van der Waals surface area (Å²) >= 11 is 0. The summed E-state index contributed by atoms with van der Waals surface area (Å²) in [6.07, 6.45) is 1.99. The van der Waals surface area contributed by atoms with E-state index < -0.39 is 12.1 Å². The van der Waals surface area contributed by atoms with Crippen LogP contribution in [-0.2, 0) is 16.1 Å². The number of carboxylic acids is 1. The van der Waals surface area contributed by atoms with Gasteiger partial charge in [-0.3, -0.25) is 9.78 Å². The summed E-state index contributed by atoms with van der Waals surface area (Å²) < 4.78 is 42.8. The molecule has 1 N–H and O–H groups in total. The van der Waals surface area contributed by atoms with Crippen molar-refractivity contribution in [2.45, 2.75) is 39.0 Å². The number of hydrogen-bond acceptors (Lipinski definition) is 6. The van der Waals surface area contributed by atoms with Crippen LogP contribution in [0.5, 0.6) is 0 Å². The van der Waals surface area contributed by atoms with Crippen LogP contribution >= 0.6 is 0 Å². The van der Waals surface area contributed by atoms with Crippen molar-refractivity contribution in [2.75, 3.05) is 19.7 Å². The molecule has 0 unspecified atom stereocenters. The largest absolute Gasteiger partial charge is 0.490 e. The van der Waals surface area contributed by atoms with Crippen molar-refractivity contribution in [3.05, 3.63) is 47.6 Å². The number of ether oxygens (including phenoxy) is 1. The van der Waals surface area contributed by atoms with Crippen LogP contribution in [0, 0.1) is 18.3 Å². The number of pyridine rings is 1. The van der Waals surface area contributed by atoms with Gasteiger partial charge in [-0.05, 0) is 43.4 Å². The van der Waals surface area contributed by atoms with Gasteiger partial charge < -0.3 is 19.3 Å². The maximum Gasteiger partial charge on any atom is 0.490 e. The van der Waals surface area contributed by atoms with E-state index >= 15 is 0 Å². The number of aryl methyl sites for hydroxylation is 1. The third kappa shape index (κ3) is 5.64. The molecule has 2 aromatic rings. The molecule has 174 valence electrons. The molecule has 2 aliphatic rings. The molecule has 32 heavy (non-hydrogen) atoms. The average Bonchev–Trinajstić information content (AvgIpc) is 3.42. The number of halogens is 3. The molecule has 1 saturated carbocycles. The van der Waals surface area contributed by atoms with Gasteiger partial charge in [-0.2, -0.15) is 13.2 Å². The number of nitrogens with zero attached hydrogens (tertiary/aromatic N) is 3. The van der Waals surface area contributed by atoms with Crippen molar-refractivity contribution in [1.82, 2.24) is 15.0 Å². The van der Waals surface area contributed by atoms with Crippen LogP contribution in [0.1, 0.15) is 41.1 Å². The van der Waals surface area contributed by atoms with Gasteiger partial charge >= 0.3 is 12.1 Å².